The lowest BCUT2D eigenvalue weighted by Crippen LogP contribution is -2.57. The van der Waals surface area contributed by atoms with Gasteiger partial charge in [-0.15, -0.1) is 0 Å². The predicted octanol–water partition coefficient (Wildman–Crippen LogP) is 3.94. The third kappa shape index (κ3) is 3.82. The maximum atomic E-state index is 14.2. The molecule has 1 saturated heterocycles. The Labute approximate surface area is 134 Å². The minimum absolute atomic E-state index is 0.159. The zero-order valence-electron chi connectivity index (χ0n) is 12.8. The van der Waals surface area contributed by atoms with Crippen molar-refractivity contribution in [1.82, 2.24) is 10.2 Å². The van der Waals surface area contributed by atoms with Crippen LogP contribution >= 0.6 is 15.9 Å². The molecule has 2 nitrogen and oxygen atoms in total. The number of hydrogen-bond donors (Lipinski definition) is 1. The summed E-state index contributed by atoms with van der Waals surface area (Å²) in [7, 11) is 0. The molecule has 2 atom stereocenters. The summed E-state index contributed by atoms with van der Waals surface area (Å²) in [6.45, 7) is 8.45. The number of hydrogen-bond acceptors (Lipinski definition) is 2. The molecule has 5 heteroatoms. The Balaban J connectivity index is 2.24. The van der Waals surface area contributed by atoms with Gasteiger partial charge in [0.15, 0.2) is 0 Å². The molecule has 0 radical (unpaired) electrons. The van der Waals surface area contributed by atoms with Crippen LogP contribution in [0.3, 0.4) is 0 Å². The molecule has 118 valence electrons. The zero-order chi connectivity index (χ0) is 15.6. The smallest absolute Gasteiger partial charge is 0.144 e. The predicted molar refractivity (Wildman–Crippen MR) is 85.2 cm³/mol. The van der Waals surface area contributed by atoms with Crippen LogP contribution in [0.2, 0.25) is 0 Å². The Morgan fingerprint density at radius 2 is 2.10 bits per heavy atom. The molecule has 1 aromatic rings. The summed E-state index contributed by atoms with van der Waals surface area (Å²) in [5.41, 5.74) is 0.159. The fourth-order valence-electron chi connectivity index (χ4n) is 2.93. The van der Waals surface area contributed by atoms with Gasteiger partial charge in [0.2, 0.25) is 0 Å². The van der Waals surface area contributed by atoms with Crippen molar-refractivity contribution in [3.8, 4) is 0 Å². The van der Waals surface area contributed by atoms with Gasteiger partial charge in [0.25, 0.3) is 0 Å². The Morgan fingerprint density at radius 3 is 2.71 bits per heavy atom. The molecule has 1 fully saturated rings. The number of benzene rings is 1. The molecule has 0 aromatic heterocycles. The average Bonchev–Trinajstić information content (AvgIpc) is 2.47. The van der Waals surface area contributed by atoms with Gasteiger partial charge in [0.1, 0.15) is 11.6 Å². The topological polar surface area (TPSA) is 15.3 Å². The van der Waals surface area contributed by atoms with Gasteiger partial charge in [-0.25, -0.2) is 8.78 Å². The maximum absolute atomic E-state index is 14.2. The molecule has 1 aromatic carbocycles. The molecule has 0 aliphatic carbocycles. The molecule has 1 heterocycles. The van der Waals surface area contributed by atoms with E-state index in [0.717, 1.165) is 19.5 Å². The number of halogens is 3. The normalized spacial score (nSPS) is 23.8. The standard InChI is InChI=1S/C16H23BrF2N2/c1-4-11-8-21(15(7-20-11)10(2)3)9-12-14(18)6-5-13(17)16(12)19/h5-6,10-11,15,20H,4,7-9H2,1-3H3. The molecular formula is C16H23BrF2N2. The van der Waals surface area contributed by atoms with E-state index in [0.29, 0.717) is 29.0 Å². The second-order valence-corrected chi connectivity index (χ2v) is 6.93. The van der Waals surface area contributed by atoms with Crippen molar-refractivity contribution in [2.75, 3.05) is 13.1 Å². The van der Waals surface area contributed by atoms with E-state index < -0.39 is 11.6 Å². The van der Waals surface area contributed by atoms with Crippen LogP contribution in [0.15, 0.2) is 16.6 Å². The van der Waals surface area contributed by atoms with Crippen molar-refractivity contribution in [3.05, 3.63) is 33.8 Å². The van der Waals surface area contributed by atoms with E-state index in [1.807, 2.05) is 0 Å². The van der Waals surface area contributed by atoms with Gasteiger partial charge in [-0.05, 0) is 40.4 Å². The third-order valence-corrected chi connectivity index (χ3v) is 4.91. The minimum Gasteiger partial charge on any atom is -0.311 e. The number of rotatable bonds is 4. The van der Waals surface area contributed by atoms with Gasteiger partial charge >= 0.3 is 0 Å². The van der Waals surface area contributed by atoms with Crippen molar-refractivity contribution in [3.63, 3.8) is 0 Å². The Morgan fingerprint density at radius 1 is 1.38 bits per heavy atom. The van der Waals surface area contributed by atoms with E-state index in [-0.39, 0.29) is 5.56 Å². The fourth-order valence-corrected chi connectivity index (χ4v) is 3.30. The van der Waals surface area contributed by atoms with Crippen LogP contribution in [0.25, 0.3) is 0 Å². The first kappa shape index (κ1) is 16.8. The monoisotopic (exact) mass is 360 g/mol. The lowest BCUT2D eigenvalue weighted by molar-refractivity contribution is 0.0876. The van der Waals surface area contributed by atoms with Crippen molar-refractivity contribution in [1.29, 1.82) is 0 Å². The highest BCUT2D eigenvalue weighted by atomic mass is 79.9. The third-order valence-electron chi connectivity index (χ3n) is 4.30. The van der Waals surface area contributed by atoms with Gasteiger partial charge in [0, 0.05) is 37.3 Å². The van der Waals surface area contributed by atoms with Crippen molar-refractivity contribution in [2.24, 2.45) is 5.92 Å². The van der Waals surface area contributed by atoms with Crippen molar-refractivity contribution < 1.29 is 8.78 Å². The summed E-state index contributed by atoms with van der Waals surface area (Å²) in [6.07, 6.45) is 1.02. The Bertz CT molecular complexity index is 493. The molecule has 2 unspecified atom stereocenters. The molecule has 0 amide bonds. The quantitative estimate of drug-likeness (QED) is 0.818. The highest BCUT2D eigenvalue weighted by Crippen LogP contribution is 2.26. The summed E-state index contributed by atoms with van der Waals surface area (Å²) in [5.74, 6) is -0.512. The van der Waals surface area contributed by atoms with Gasteiger partial charge in [0.05, 0.1) is 4.47 Å². The van der Waals surface area contributed by atoms with Gasteiger partial charge < -0.3 is 5.32 Å². The van der Waals surface area contributed by atoms with Crippen molar-refractivity contribution >= 4 is 15.9 Å². The van der Waals surface area contributed by atoms with E-state index in [1.165, 1.54) is 12.1 Å². The Kier molecular flexibility index (Phi) is 5.74. The second-order valence-electron chi connectivity index (χ2n) is 6.08. The van der Waals surface area contributed by atoms with Crippen LogP contribution in [-0.4, -0.2) is 30.1 Å². The number of nitrogens with zero attached hydrogens (tertiary/aromatic N) is 1. The molecular weight excluding hydrogens is 338 g/mol. The first-order valence-corrected chi connectivity index (χ1v) is 8.33. The molecule has 1 aliphatic rings. The summed E-state index contributed by atoms with van der Waals surface area (Å²) in [5, 5.41) is 3.52. The van der Waals surface area contributed by atoms with Crippen LogP contribution < -0.4 is 5.32 Å². The second kappa shape index (κ2) is 7.16. The molecule has 1 aliphatic heterocycles. The molecule has 0 bridgehead atoms. The summed E-state index contributed by atoms with van der Waals surface area (Å²) in [4.78, 5) is 2.21. The zero-order valence-corrected chi connectivity index (χ0v) is 14.4. The van der Waals surface area contributed by atoms with E-state index in [4.69, 9.17) is 0 Å². The lowest BCUT2D eigenvalue weighted by atomic mass is 9.97. The number of piperazine rings is 1. The van der Waals surface area contributed by atoms with Crippen molar-refractivity contribution in [2.45, 2.75) is 45.8 Å². The maximum Gasteiger partial charge on any atom is 0.144 e. The van der Waals surface area contributed by atoms with E-state index in [9.17, 15) is 8.78 Å². The minimum atomic E-state index is -0.482. The van der Waals surface area contributed by atoms with Gasteiger partial charge in [-0.2, -0.15) is 0 Å². The van der Waals surface area contributed by atoms with Crippen LogP contribution in [0.5, 0.6) is 0 Å². The largest absolute Gasteiger partial charge is 0.311 e. The van der Waals surface area contributed by atoms with Crippen LogP contribution in [-0.2, 0) is 6.54 Å². The SMILES string of the molecule is CCC1CN(Cc2c(F)ccc(Br)c2F)C(C(C)C)CN1. The van der Waals surface area contributed by atoms with E-state index >= 15 is 0 Å². The fraction of sp³-hybridized carbons (Fsp3) is 0.625. The van der Waals surface area contributed by atoms with Gasteiger partial charge in [-0.3, -0.25) is 4.90 Å². The van der Waals surface area contributed by atoms with Crippen LogP contribution in [0.4, 0.5) is 8.78 Å². The van der Waals surface area contributed by atoms with Gasteiger partial charge in [-0.1, -0.05) is 20.8 Å². The Hall–Kier alpha value is -0.520. The average molecular weight is 361 g/mol. The summed E-state index contributed by atoms with van der Waals surface area (Å²) in [6, 6.07) is 3.43. The molecule has 0 saturated carbocycles. The summed E-state index contributed by atoms with van der Waals surface area (Å²) >= 11 is 3.14. The molecule has 21 heavy (non-hydrogen) atoms. The highest BCUT2D eigenvalue weighted by Gasteiger charge is 2.30. The van der Waals surface area contributed by atoms with Crippen LogP contribution in [0.1, 0.15) is 32.8 Å². The first-order valence-electron chi connectivity index (χ1n) is 7.53. The number of nitrogens with one attached hydrogen (secondary N) is 1. The molecule has 2 rings (SSSR count). The van der Waals surface area contributed by atoms with E-state index in [1.54, 1.807) is 0 Å². The highest BCUT2D eigenvalue weighted by molar-refractivity contribution is 9.10. The molecule has 0 spiro atoms. The first-order chi connectivity index (χ1) is 9.93. The lowest BCUT2D eigenvalue weighted by Gasteiger charge is -2.42. The van der Waals surface area contributed by atoms with Crippen LogP contribution in [0, 0.1) is 17.6 Å². The molecule has 1 N–H and O–H groups in total. The summed E-state index contributed by atoms with van der Waals surface area (Å²) < 4.78 is 28.5. The van der Waals surface area contributed by atoms with E-state index in [2.05, 4.69) is 46.9 Å².